The van der Waals surface area contributed by atoms with Crippen LogP contribution in [0.25, 0.3) is 0 Å². The van der Waals surface area contributed by atoms with Crippen LogP contribution in [0.15, 0.2) is 36.4 Å². The maximum absolute atomic E-state index is 13.5. The van der Waals surface area contributed by atoms with E-state index >= 15 is 0 Å². The zero-order chi connectivity index (χ0) is 15.4. The Bertz CT molecular complexity index is 611. The fourth-order valence-electron chi connectivity index (χ4n) is 2.25. The SMILES string of the molecule is CCNC(Cc1c(Cl)cccc1Cl)c1cc(F)ccc1Cl. The first kappa shape index (κ1) is 16.6. The van der Waals surface area contributed by atoms with E-state index in [0.717, 1.165) is 12.1 Å². The topological polar surface area (TPSA) is 12.0 Å². The van der Waals surface area contributed by atoms with Crippen LogP contribution in [-0.4, -0.2) is 6.54 Å². The normalized spacial score (nSPS) is 12.4. The number of hydrogen-bond donors (Lipinski definition) is 1. The van der Waals surface area contributed by atoms with Crippen molar-refractivity contribution >= 4 is 34.8 Å². The summed E-state index contributed by atoms with van der Waals surface area (Å²) in [5, 5.41) is 5.01. The maximum Gasteiger partial charge on any atom is 0.123 e. The molecule has 1 atom stereocenters. The second-order valence-electron chi connectivity index (χ2n) is 4.68. The van der Waals surface area contributed by atoms with Gasteiger partial charge in [0.15, 0.2) is 0 Å². The molecule has 0 heterocycles. The van der Waals surface area contributed by atoms with Gasteiger partial charge in [-0.3, -0.25) is 0 Å². The Morgan fingerprint density at radius 2 is 1.71 bits per heavy atom. The third-order valence-electron chi connectivity index (χ3n) is 3.25. The maximum atomic E-state index is 13.5. The first-order valence-corrected chi connectivity index (χ1v) is 7.77. The van der Waals surface area contributed by atoms with Gasteiger partial charge >= 0.3 is 0 Å². The second kappa shape index (κ2) is 7.46. The van der Waals surface area contributed by atoms with E-state index in [9.17, 15) is 4.39 Å². The Morgan fingerprint density at radius 3 is 2.33 bits per heavy atom. The summed E-state index contributed by atoms with van der Waals surface area (Å²) < 4.78 is 13.5. The first-order valence-electron chi connectivity index (χ1n) is 6.64. The van der Waals surface area contributed by atoms with E-state index in [1.54, 1.807) is 24.3 Å². The van der Waals surface area contributed by atoms with Crippen molar-refractivity contribution in [1.29, 1.82) is 0 Å². The molecule has 0 fully saturated rings. The highest BCUT2D eigenvalue weighted by atomic mass is 35.5. The molecule has 5 heteroatoms. The average molecular weight is 347 g/mol. The van der Waals surface area contributed by atoms with Crippen LogP contribution in [0.4, 0.5) is 4.39 Å². The summed E-state index contributed by atoms with van der Waals surface area (Å²) in [5.41, 5.74) is 1.53. The summed E-state index contributed by atoms with van der Waals surface area (Å²) in [6.45, 7) is 2.70. The first-order chi connectivity index (χ1) is 10.0. The lowest BCUT2D eigenvalue weighted by molar-refractivity contribution is 0.543. The van der Waals surface area contributed by atoms with Crippen LogP contribution >= 0.6 is 34.8 Å². The highest BCUT2D eigenvalue weighted by Gasteiger charge is 2.18. The molecule has 0 aliphatic rings. The molecule has 1 unspecified atom stereocenters. The van der Waals surface area contributed by atoms with Crippen molar-refractivity contribution in [2.24, 2.45) is 0 Å². The Kier molecular flexibility index (Phi) is 5.88. The fraction of sp³-hybridized carbons (Fsp3) is 0.250. The Labute approximate surface area is 139 Å². The standard InChI is InChI=1S/C16H15Cl3FN/c1-2-21-16(12-8-10(20)6-7-15(12)19)9-11-13(17)4-3-5-14(11)18/h3-8,16,21H,2,9H2,1H3. The molecule has 0 saturated carbocycles. The molecule has 0 bridgehead atoms. The van der Waals surface area contributed by atoms with Gasteiger partial charge < -0.3 is 5.32 Å². The molecule has 2 rings (SSSR count). The molecule has 21 heavy (non-hydrogen) atoms. The van der Waals surface area contributed by atoms with Gasteiger partial charge in [0.2, 0.25) is 0 Å². The highest BCUT2D eigenvalue weighted by Crippen LogP contribution is 2.32. The van der Waals surface area contributed by atoms with E-state index in [1.807, 2.05) is 6.92 Å². The van der Waals surface area contributed by atoms with Gasteiger partial charge in [0.25, 0.3) is 0 Å². The number of benzene rings is 2. The predicted octanol–water partition coefficient (Wildman–Crippen LogP) is 5.68. The van der Waals surface area contributed by atoms with Gasteiger partial charge in [-0.1, -0.05) is 47.8 Å². The zero-order valence-electron chi connectivity index (χ0n) is 11.5. The van der Waals surface area contributed by atoms with E-state index in [1.165, 1.54) is 12.1 Å². The third-order valence-corrected chi connectivity index (χ3v) is 4.31. The number of rotatable bonds is 5. The van der Waals surface area contributed by atoms with E-state index in [-0.39, 0.29) is 11.9 Å². The lowest BCUT2D eigenvalue weighted by Gasteiger charge is -2.21. The van der Waals surface area contributed by atoms with E-state index in [2.05, 4.69) is 5.32 Å². The van der Waals surface area contributed by atoms with Crippen LogP contribution in [0.1, 0.15) is 24.1 Å². The summed E-state index contributed by atoms with van der Waals surface area (Å²) in [4.78, 5) is 0. The molecule has 112 valence electrons. The zero-order valence-corrected chi connectivity index (χ0v) is 13.7. The second-order valence-corrected chi connectivity index (χ2v) is 5.90. The van der Waals surface area contributed by atoms with Crippen molar-refractivity contribution in [3.05, 3.63) is 68.4 Å². The number of likely N-dealkylation sites (N-methyl/N-ethyl adjacent to an activating group) is 1. The molecule has 2 aromatic rings. The fourth-order valence-corrected chi connectivity index (χ4v) is 3.05. The minimum Gasteiger partial charge on any atom is -0.310 e. The third kappa shape index (κ3) is 4.10. The smallest absolute Gasteiger partial charge is 0.123 e. The predicted molar refractivity (Wildman–Crippen MR) is 88.0 cm³/mol. The van der Waals surface area contributed by atoms with Crippen molar-refractivity contribution in [3.63, 3.8) is 0 Å². The molecule has 0 radical (unpaired) electrons. The van der Waals surface area contributed by atoms with Crippen LogP contribution in [0.3, 0.4) is 0 Å². The van der Waals surface area contributed by atoms with Crippen molar-refractivity contribution in [3.8, 4) is 0 Å². The lowest BCUT2D eigenvalue weighted by atomic mass is 9.98. The molecular weight excluding hydrogens is 332 g/mol. The molecule has 0 saturated heterocycles. The van der Waals surface area contributed by atoms with Gasteiger partial charge in [-0.15, -0.1) is 0 Å². The molecular formula is C16H15Cl3FN. The largest absolute Gasteiger partial charge is 0.310 e. The summed E-state index contributed by atoms with van der Waals surface area (Å²) in [6, 6.07) is 9.57. The quantitative estimate of drug-likeness (QED) is 0.734. The molecule has 0 aliphatic heterocycles. The van der Waals surface area contributed by atoms with Gasteiger partial charge in [-0.05, 0) is 54.4 Å². The van der Waals surface area contributed by atoms with Crippen molar-refractivity contribution in [1.82, 2.24) is 5.32 Å². The molecule has 1 N–H and O–H groups in total. The lowest BCUT2D eigenvalue weighted by Crippen LogP contribution is -2.23. The van der Waals surface area contributed by atoms with Crippen LogP contribution < -0.4 is 5.32 Å². The monoisotopic (exact) mass is 345 g/mol. The summed E-state index contributed by atoms with van der Waals surface area (Å²) in [6.07, 6.45) is 0.537. The van der Waals surface area contributed by atoms with Crippen molar-refractivity contribution in [2.75, 3.05) is 6.54 Å². The van der Waals surface area contributed by atoms with Crippen LogP contribution in [0, 0.1) is 5.82 Å². The minimum atomic E-state index is -0.317. The van der Waals surface area contributed by atoms with E-state index in [4.69, 9.17) is 34.8 Å². The van der Waals surface area contributed by atoms with Crippen LogP contribution in [-0.2, 0) is 6.42 Å². The molecule has 2 aromatic carbocycles. The van der Waals surface area contributed by atoms with E-state index in [0.29, 0.717) is 27.1 Å². The van der Waals surface area contributed by atoms with Crippen LogP contribution in [0.5, 0.6) is 0 Å². The van der Waals surface area contributed by atoms with Gasteiger partial charge in [-0.25, -0.2) is 4.39 Å². The Hall–Kier alpha value is -0.800. The van der Waals surface area contributed by atoms with Gasteiger partial charge in [-0.2, -0.15) is 0 Å². The summed E-state index contributed by atoms with van der Waals surface area (Å²) in [7, 11) is 0. The highest BCUT2D eigenvalue weighted by molar-refractivity contribution is 6.36. The van der Waals surface area contributed by atoms with Crippen LogP contribution in [0.2, 0.25) is 15.1 Å². The van der Waals surface area contributed by atoms with E-state index < -0.39 is 0 Å². The van der Waals surface area contributed by atoms with Crippen molar-refractivity contribution < 1.29 is 4.39 Å². The molecule has 1 nitrogen and oxygen atoms in total. The number of hydrogen-bond acceptors (Lipinski definition) is 1. The van der Waals surface area contributed by atoms with Gasteiger partial charge in [0, 0.05) is 21.1 Å². The summed E-state index contributed by atoms with van der Waals surface area (Å²) in [5.74, 6) is -0.317. The number of halogens is 4. The van der Waals surface area contributed by atoms with Crippen molar-refractivity contribution in [2.45, 2.75) is 19.4 Å². The molecule has 0 aliphatic carbocycles. The Morgan fingerprint density at radius 1 is 1.05 bits per heavy atom. The average Bonchev–Trinajstić information content (AvgIpc) is 2.44. The summed E-state index contributed by atoms with van der Waals surface area (Å²) >= 11 is 18.6. The minimum absolute atomic E-state index is 0.157. The Balaban J connectivity index is 2.38. The molecule has 0 spiro atoms. The molecule has 0 aromatic heterocycles. The number of nitrogens with one attached hydrogen (secondary N) is 1. The molecule has 0 amide bonds. The van der Waals surface area contributed by atoms with Gasteiger partial charge in [0.05, 0.1) is 0 Å². The van der Waals surface area contributed by atoms with Gasteiger partial charge in [0.1, 0.15) is 5.82 Å².